The summed E-state index contributed by atoms with van der Waals surface area (Å²) in [6.07, 6.45) is 1.53. The zero-order valence-corrected chi connectivity index (χ0v) is 39.1. The number of benzene rings is 4. The second kappa shape index (κ2) is 24.5. The van der Waals surface area contributed by atoms with Crippen molar-refractivity contribution in [3.63, 3.8) is 0 Å². The van der Waals surface area contributed by atoms with E-state index in [2.05, 4.69) is 53.6 Å². The van der Waals surface area contributed by atoms with Gasteiger partial charge in [-0.15, -0.1) is 0 Å². The van der Waals surface area contributed by atoms with Crippen molar-refractivity contribution < 1.29 is 47.5 Å². The van der Waals surface area contributed by atoms with Crippen LogP contribution in [0.2, 0.25) is 0 Å². The number of likely N-dealkylation sites (N-methyl/N-ethyl adjacent to an activating group) is 1. The van der Waals surface area contributed by atoms with Crippen molar-refractivity contribution in [1.82, 2.24) is 20.2 Å². The molecular weight excluding hydrogens is 831 g/mol. The maximum Gasteiger partial charge on any atom is 0.407 e. The molecule has 4 aromatic carbocycles. The number of carbonyl (C=O) groups excluding carboxylic acids is 2. The Morgan fingerprint density at radius 3 is 2.15 bits per heavy atom. The number of hydrogen-bond acceptors (Lipinski definition) is 14. The average Bonchev–Trinajstić information content (AvgIpc) is 3.27. The summed E-state index contributed by atoms with van der Waals surface area (Å²) in [6, 6.07) is 27.6. The third-order valence-corrected chi connectivity index (χ3v) is 9.79. The van der Waals surface area contributed by atoms with Crippen molar-refractivity contribution in [2.45, 2.75) is 66.3 Å². The quantitative estimate of drug-likeness (QED) is 0.0468. The van der Waals surface area contributed by atoms with Gasteiger partial charge >= 0.3 is 12.1 Å². The van der Waals surface area contributed by atoms with Crippen LogP contribution in [0.4, 0.5) is 16.3 Å². The Labute approximate surface area is 382 Å². The van der Waals surface area contributed by atoms with Gasteiger partial charge < -0.3 is 48.1 Å². The summed E-state index contributed by atoms with van der Waals surface area (Å²) in [7, 11) is 6.67. The average molecular weight is 894 g/mol. The third-order valence-electron chi connectivity index (χ3n) is 9.79. The Balaban J connectivity index is 1.42. The summed E-state index contributed by atoms with van der Waals surface area (Å²) in [5.41, 5.74) is 5.99. The molecule has 5 aromatic rings. The number of rotatable bonds is 24. The molecule has 0 saturated heterocycles. The molecule has 0 radical (unpaired) electrons. The number of alkyl carbamates (subject to hydrolysis) is 1. The number of nitrogens with one attached hydrogen (secondary N) is 1. The van der Waals surface area contributed by atoms with Crippen molar-refractivity contribution in [3.8, 4) is 28.7 Å². The fourth-order valence-corrected chi connectivity index (χ4v) is 6.80. The number of aromatic nitrogens is 2. The molecule has 348 valence electrons. The topological polar surface area (TPSA) is 152 Å². The van der Waals surface area contributed by atoms with Crippen LogP contribution < -0.4 is 33.9 Å². The summed E-state index contributed by atoms with van der Waals surface area (Å²) in [4.78, 5) is 37.8. The van der Waals surface area contributed by atoms with E-state index in [1.807, 2.05) is 65.4 Å². The van der Waals surface area contributed by atoms with Crippen molar-refractivity contribution in [1.29, 1.82) is 0 Å². The van der Waals surface area contributed by atoms with E-state index in [0.717, 1.165) is 27.9 Å². The molecule has 1 aromatic heterocycles. The molecule has 0 bridgehead atoms. The van der Waals surface area contributed by atoms with Crippen LogP contribution in [-0.2, 0) is 45.1 Å². The molecule has 0 fully saturated rings. The minimum Gasteiger partial charge on any atom is -0.496 e. The summed E-state index contributed by atoms with van der Waals surface area (Å²) in [5.74, 6) is 2.94. The number of esters is 1. The molecule has 0 aliphatic heterocycles. The summed E-state index contributed by atoms with van der Waals surface area (Å²) in [5, 5.41) is 2.73. The number of hydrogen-bond donors (Lipinski definition) is 1. The van der Waals surface area contributed by atoms with Crippen LogP contribution >= 0.6 is 0 Å². The van der Waals surface area contributed by atoms with Crippen LogP contribution in [0.25, 0.3) is 0 Å². The molecule has 5 rings (SSSR count). The number of amides is 1. The highest BCUT2D eigenvalue weighted by Gasteiger charge is 2.22. The lowest BCUT2D eigenvalue weighted by Crippen LogP contribution is -2.34. The number of anilines is 2. The molecule has 1 N–H and O–H groups in total. The van der Waals surface area contributed by atoms with Gasteiger partial charge in [0.15, 0.2) is 11.5 Å². The SMILES string of the molecule is CCOC(=O)CN(C)Cc1cccc(Cc2cc(N(Cc3c(OC)cc(OCCOCc4ccc(C)cc4)cc3OC)c3ccc(OC)c(OCCNC(=O)OC(C)(C)C)c3)ncn2)c1. The first kappa shape index (κ1) is 49.4. The number of aryl methyl sites for hydroxylation is 1. The smallest absolute Gasteiger partial charge is 0.407 e. The number of nitrogens with zero attached hydrogens (tertiary/aromatic N) is 4. The first-order valence-electron chi connectivity index (χ1n) is 21.6. The lowest BCUT2D eigenvalue weighted by Gasteiger charge is -2.27. The molecular formula is C50H63N5O10. The van der Waals surface area contributed by atoms with Gasteiger partial charge in [-0.05, 0) is 70.5 Å². The van der Waals surface area contributed by atoms with Gasteiger partial charge in [0.25, 0.3) is 0 Å². The summed E-state index contributed by atoms with van der Waals surface area (Å²) in [6.45, 7) is 12.2. The van der Waals surface area contributed by atoms with Crippen LogP contribution in [0.1, 0.15) is 61.2 Å². The van der Waals surface area contributed by atoms with E-state index in [1.54, 1.807) is 55.4 Å². The van der Waals surface area contributed by atoms with Crippen LogP contribution in [0, 0.1) is 6.92 Å². The zero-order chi connectivity index (χ0) is 46.8. The number of ether oxygens (including phenoxy) is 8. The van der Waals surface area contributed by atoms with E-state index in [9.17, 15) is 9.59 Å². The molecule has 0 aliphatic carbocycles. The third kappa shape index (κ3) is 15.9. The molecule has 1 heterocycles. The van der Waals surface area contributed by atoms with E-state index in [4.69, 9.17) is 42.9 Å². The van der Waals surface area contributed by atoms with Gasteiger partial charge in [0, 0.05) is 42.9 Å². The Hall–Kier alpha value is -6.58. The normalized spacial score (nSPS) is 11.2. The van der Waals surface area contributed by atoms with E-state index in [0.29, 0.717) is 79.6 Å². The maximum atomic E-state index is 12.3. The zero-order valence-electron chi connectivity index (χ0n) is 39.1. The summed E-state index contributed by atoms with van der Waals surface area (Å²) < 4.78 is 46.3. The molecule has 65 heavy (non-hydrogen) atoms. The van der Waals surface area contributed by atoms with E-state index in [1.165, 1.54) is 5.56 Å². The predicted molar refractivity (Wildman–Crippen MR) is 249 cm³/mol. The van der Waals surface area contributed by atoms with Gasteiger partial charge in [0.1, 0.15) is 48.2 Å². The Morgan fingerprint density at radius 1 is 0.738 bits per heavy atom. The molecule has 15 nitrogen and oxygen atoms in total. The van der Waals surface area contributed by atoms with Crippen molar-refractivity contribution in [3.05, 3.63) is 125 Å². The number of methoxy groups -OCH3 is 3. The van der Waals surface area contributed by atoms with Crippen LogP contribution in [-0.4, -0.2) is 100 Å². The fraction of sp³-hybridized carbons (Fsp3) is 0.400. The molecule has 0 unspecified atom stereocenters. The molecule has 0 aliphatic rings. The Kier molecular flexibility index (Phi) is 18.6. The highest BCUT2D eigenvalue weighted by molar-refractivity contribution is 5.71. The van der Waals surface area contributed by atoms with Gasteiger partial charge in [0.2, 0.25) is 0 Å². The Bertz CT molecular complexity index is 2270. The molecule has 0 atom stereocenters. The van der Waals surface area contributed by atoms with Gasteiger partial charge in [-0.25, -0.2) is 14.8 Å². The van der Waals surface area contributed by atoms with Gasteiger partial charge in [-0.3, -0.25) is 9.69 Å². The highest BCUT2D eigenvalue weighted by atomic mass is 16.6. The van der Waals surface area contributed by atoms with Crippen molar-refractivity contribution in [2.24, 2.45) is 0 Å². The lowest BCUT2D eigenvalue weighted by atomic mass is 10.1. The fourth-order valence-electron chi connectivity index (χ4n) is 6.80. The van der Waals surface area contributed by atoms with E-state index < -0.39 is 11.7 Å². The standard InChI is InChI=1S/C50H63N5O10/c1-10-62-48(56)32-54(6)30-38-13-11-12-37(24-38)25-39-26-47(53-34-52-39)55(40-18-19-43(58-7)46(27-40)64-21-20-51-49(57)65-50(3,4)5)31-42-44(59-8)28-41(29-45(42)60-9)63-23-22-61-33-36-16-14-35(2)15-17-36/h11-19,24,26-29,34H,10,20-23,25,30-33H2,1-9H3,(H,51,57). The summed E-state index contributed by atoms with van der Waals surface area (Å²) >= 11 is 0. The minimum atomic E-state index is -0.629. The lowest BCUT2D eigenvalue weighted by molar-refractivity contribution is -0.144. The van der Waals surface area contributed by atoms with E-state index in [-0.39, 0.29) is 32.2 Å². The first-order chi connectivity index (χ1) is 31.3. The Morgan fingerprint density at radius 2 is 1.46 bits per heavy atom. The van der Waals surface area contributed by atoms with Gasteiger partial charge in [-0.1, -0.05) is 54.1 Å². The van der Waals surface area contributed by atoms with E-state index >= 15 is 0 Å². The van der Waals surface area contributed by atoms with Gasteiger partial charge in [-0.2, -0.15) is 0 Å². The largest absolute Gasteiger partial charge is 0.496 e. The van der Waals surface area contributed by atoms with Crippen molar-refractivity contribution >= 4 is 23.6 Å². The van der Waals surface area contributed by atoms with Crippen molar-refractivity contribution in [2.75, 3.05) is 72.8 Å². The van der Waals surface area contributed by atoms with Crippen LogP contribution in [0.5, 0.6) is 28.7 Å². The predicted octanol–water partition coefficient (Wildman–Crippen LogP) is 8.23. The maximum absolute atomic E-state index is 12.3. The van der Waals surface area contributed by atoms with Gasteiger partial charge in [0.05, 0.1) is 72.0 Å². The molecule has 15 heteroatoms. The highest BCUT2D eigenvalue weighted by Crippen LogP contribution is 2.40. The number of carbonyl (C=O) groups is 2. The van der Waals surface area contributed by atoms with Crippen LogP contribution in [0.3, 0.4) is 0 Å². The first-order valence-corrected chi connectivity index (χ1v) is 21.6. The minimum absolute atomic E-state index is 0.147. The second-order valence-electron chi connectivity index (χ2n) is 16.2. The second-order valence-corrected chi connectivity index (χ2v) is 16.2. The molecule has 0 spiro atoms. The molecule has 1 amide bonds. The van der Waals surface area contributed by atoms with Crippen LogP contribution in [0.15, 0.2) is 91.3 Å². The molecule has 0 saturated carbocycles. The monoisotopic (exact) mass is 893 g/mol.